The highest BCUT2D eigenvalue weighted by atomic mass is 32.2. The van der Waals surface area contributed by atoms with Crippen molar-refractivity contribution in [1.82, 2.24) is 19.5 Å². The molecule has 0 aliphatic heterocycles. The quantitative estimate of drug-likeness (QED) is 0.375. The lowest BCUT2D eigenvalue weighted by atomic mass is 10.3. The van der Waals surface area contributed by atoms with Gasteiger partial charge >= 0.3 is 0 Å². The number of H-pyrrole nitrogens is 1. The summed E-state index contributed by atoms with van der Waals surface area (Å²) in [6, 6.07) is 16.6. The third-order valence-corrected chi connectivity index (χ3v) is 5.39. The minimum Gasteiger partial charge on any atom is -0.333 e. The molecular weight excluding hydrogens is 328 g/mol. The van der Waals surface area contributed by atoms with Crippen molar-refractivity contribution in [3.63, 3.8) is 0 Å². The van der Waals surface area contributed by atoms with Gasteiger partial charge in [-0.25, -0.2) is 9.97 Å². The van der Waals surface area contributed by atoms with Crippen LogP contribution in [0.2, 0.25) is 0 Å². The summed E-state index contributed by atoms with van der Waals surface area (Å²) in [4.78, 5) is 12.7. The van der Waals surface area contributed by atoms with Crippen molar-refractivity contribution in [3.8, 4) is 0 Å². The van der Waals surface area contributed by atoms with Gasteiger partial charge in [-0.2, -0.15) is 0 Å². The van der Waals surface area contributed by atoms with Gasteiger partial charge in [0, 0.05) is 18.7 Å². The number of hydrogen-bond donors (Lipinski definition) is 1. The first-order valence-electron chi connectivity index (χ1n) is 8.87. The van der Waals surface area contributed by atoms with Crippen molar-refractivity contribution < 1.29 is 0 Å². The third-order valence-electron chi connectivity index (χ3n) is 4.43. The van der Waals surface area contributed by atoms with Crippen LogP contribution in [0.4, 0.5) is 0 Å². The molecule has 0 fully saturated rings. The molecule has 5 heteroatoms. The number of aryl methyl sites for hydroxylation is 2. The lowest BCUT2D eigenvalue weighted by Gasteiger charge is -2.07. The van der Waals surface area contributed by atoms with Crippen LogP contribution in [0.1, 0.15) is 25.6 Å². The lowest BCUT2D eigenvalue weighted by Crippen LogP contribution is -2.03. The summed E-state index contributed by atoms with van der Waals surface area (Å²) < 4.78 is 2.38. The van der Waals surface area contributed by atoms with Gasteiger partial charge in [-0.1, -0.05) is 43.0 Å². The summed E-state index contributed by atoms with van der Waals surface area (Å²) in [6.45, 7) is 3.21. The predicted molar refractivity (Wildman–Crippen MR) is 105 cm³/mol. The van der Waals surface area contributed by atoms with Gasteiger partial charge in [0.05, 0.1) is 22.1 Å². The van der Waals surface area contributed by atoms with E-state index in [-0.39, 0.29) is 0 Å². The molecule has 0 unspecified atom stereocenters. The molecule has 2 aromatic heterocycles. The van der Waals surface area contributed by atoms with Crippen LogP contribution >= 0.6 is 11.8 Å². The molecule has 0 radical (unpaired) electrons. The summed E-state index contributed by atoms with van der Waals surface area (Å²) in [7, 11) is 0. The number of fused-ring (bicyclic) bond motifs is 2. The molecule has 25 heavy (non-hydrogen) atoms. The number of aromatic nitrogens is 4. The van der Waals surface area contributed by atoms with Crippen LogP contribution in [0.25, 0.3) is 22.1 Å². The van der Waals surface area contributed by atoms with Gasteiger partial charge in [0.1, 0.15) is 5.82 Å². The summed E-state index contributed by atoms with van der Waals surface area (Å²) >= 11 is 1.81. The molecule has 0 aliphatic carbocycles. The van der Waals surface area contributed by atoms with E-state index in [1.165, 1.54) is 11.3 Å². The molecule has 1 N–H and O–H groups in total. The normalized spacial score (nSPS) is 11.6. The second kappa shape index (κ2) is 7.31. The fourth-order valence-corrected chi connectivity index (χ4v) is 4.07. The number of thioether (sulfide) groups is 1. The Morgan fingerprint density at radius 1 is 0.960 bits per heavy atom. The monoisotopic (exact) mass is 350 g/mol. The summed E-state index contributed by atoms with van der Waals surface area (Å²) in [5.74, 6) is 2.26. The molecule has 0 bridgehead atoms. The second-order valence-electron chi connectivity index (χ2n) is 6.14. The fourth-order valence-electron chi connectivity index (χ4n) is 3.18. The van der Waals surface area contributed by atoms with E-state index in [0.717, 1.165) is 53.3 Å². The Morgan fingerprint density at radius 2 is 1.76 bits per heavy atom. The Hall–Kier alpha value is -2.27. The van der Waals surface area contributed by atoms with Crippen LogP contribution < -0.4 is 0 Å². The summed E-state index contributed by atoms with van der Waals surface area (Å²) in [5.41, 5.74) is 4.52. The molecule has 0 amide bonds. The van der Waals surface area contributed by atoms with E-state index >= 15 is 0 Å². The van der Waals surface area contributed by atoms with Crippen LogP contribution in [0.15, 0.2) is 53.7 Å². The van der Waals surface area contributed by atoms with Gasteiger partial charge in [0.2, 0.25) is 0 Å². The second-order valence-corrected chi connectivity index (χ2v) is 7.22. The minimum absolute atomic E-state index is 0.975. The van der Waals surface area contributed by atoms with Gasteiger partial charge in [-0.05, 0) is 37.1 Å². The first kappa shape index (κ1) is 16.2. The van der Waals surface area contributed by atoms with Gasteiger partial charge < -0.3 is 9.55 Å². The van der Waals surface area contributed by atoms with E-state index in [0.29, 0.717) is 0 Å². The molecule has 0 saturated heterocycles. The van der Waals surface area contributed by atoms with Gasteiger partial charge in [-0.15, -0.1) is 0 Å². The highest BCUT2D eigenvalue weighted by Gasteiger charge is 2.08. The average molecular weight is 350 g/mol. The zero-order chi connectivity index (χ0) is 17.1. The smallest absolute Gasteiger partial charge is 0.166 e. The van der Waals surface area contributed by atoms with Crippen LogP contribution in [0.3, 0.4) is 0 Å². The number of nitrogens with zero attached hydrogens (tertiary/aromatic N) is 3. The van der Waals surface area contributed by atoms with Crippen molar-refractivity contribution in [3.05, 3.63) is 54.4 Å². The van der Waals surface area contributed by atoms with Crippen LogP contribution in [-0.2, 0) is 13.0 Å². The molecule has 4 rings (SSSR count). The van der Waals surface area contributed by atoms with E-state index < -0.39 is 0 Å². The van der Waals surface area contributed by atoms with Crippen molar-refractivity contribution in [2.75, 3.05) is 5.75 Å². The Balaban J connectivity index is 1.34. The maximum Gasteiger partial charge on any atom is 0.166 e. The maximum atomic E-state index is 4.74. The van der Waals surface area contributed by atoms with E-state index in [1.54, 1.807) is 11.8 Å². The summed E-state index contributed by atoms with van der Waals surface area (Å²) in [5, 5.41) is 1.02. The van der Waals surface area contributed by atoms with Gasteiger partial charge in [-0.3, -0.25) is 0 Å². The largest absolute Gasteiger partial charge is 0.333 e. The van der Waals surface area contributed by atoms with Crippen LogP contribution in [0.5, 0.6) is 0 Å². The Labute approximate surface area is 151 Å². The van der Waals surface area contributed by atoms with Crippen LogP contribution in [0, 0.1) is 0 Å². The third kappa shape index (κ3) is 3.42. The lowest BCUT2D eigenvalue weighted by molar-refractivity contribution is 0.622. The minimum atomic E-state index is 0.975. The predicted octanol–water partition coefficient (Wildman–Crippen LogP) is 5.05. The Kier molecular flexibility index (Phi) is 4.74. The van der Waals surface area contributed by atoms with Gasteiger partial charge in [0.25, 0.3) is 0 Å². The zero-order valence-electron chi connectivity index (χ0n) is 14.4. The molecule has 0 saturated carbocycles. The maximum absolute atomic E-state index is 4.74. The molecule has 0 spiro atoms. The highest BCUT2D eigenvalue weighted by Crippen LogP contribution is 2.21. The van der Waals surface area contributed by atoms with E-state index in [9.17, 15) is 0 Å². The van der Waals surface area contributed by atoms with Crippen molar-refractivity contribution in [2.45, 2.75) is 37.9 Å². The number of para-hydroxylation sites is 4. The molecule has 2 aromatic carbocycles. The van der Waals surface area contributed by atoms with E-state index in [1.807, 2.05) is 18.2 Å². The SMILES string of the molecule is CCc1nc2ccccc2n1CCCCSc1nc2ccccc2[nH]1. The first-order valence-corrected chi connectivity index (χ1v) is 9.85. The number of benzene rings is 2. The first-order chi connectivity index (χ1) is 12.3. The van der Waals surface area contributed by atoms with E-state index in [4.69, 9.17) is 4.98 Å². The van der Waals surface area contributed by atoms with Crippen molar-refractivity contribution in [2.24, 2.45) is 0 Å². The van der Waals surface area contributed by atoms with E-state index in [2.05, 4.69) is 51.8 Å². The molecule has 4 aromatic rings. The standard InChI is InChI=1S/C20H22N4S/c1-2-19-21-17-11-5-6-12-18(17)24(19)13-7-8-14-25-20-22-15-9-3-4-10-16(15)23-20/h3-6,9-12H,2,7-8,13-14H2,1H3,(H,22,23). The number of hydrogen-bond acceptors (Lipinski definition) is 3. The summed E-state index contributed by atoms with van der Waals surface area (Å²) in [6.07, 6.45) is 3.29. The van der Waals surface area contributed by atoms with Crippen molar-refractivity contribution >= 4 is 33.8 Å². The van der Waals surface area contributed by atoms with Crippen molar-refractivity contribution in [1.29, 1.82) is 0 Å². The molecule has 128 valence electrons. The highest BCUT2D eigenvalue weighted by molar-refractivity contribution is 7.99. The zero-order valence-corrected chi connectivity index (χ0v) is 15.2. The topological polar surface area (TPSA) is 46.5 Å². The molecule has 2 heterocycles. The number of rotatable bonds is 7. The molecular formula is C20H22N4S. The Bertz CT molecular complexity index is 953. The number of unbranched alkanes of at least 4 members (excludes halogenated alkanes) is 1. The molecule has 0 atom stereocenters. The number of imidazole rings is 2. The molecule has 0 aliphatic rings. The Morgan fingerprint density at radius 3 is 2.60 bits per heavy atom. The van der Waals surface area contributed by atoms with Crippen LogP contribution in [-0.4, -0.2) is 25.3 Å². The molecule has 4 nitrogen and oxygen atoms in total. The fraction of sp³-hybridized carbons (Fsp3) is 0.300. The number of aromatic amines is 1. The average Bonchev–Trinajstić information content (AvgIpc) is 3.22. The van der Waals surface area contributed by atoms with Gasteiger partial charge in [0.15, 0.2) is 5.16 Å². The number of nitrogens with one attached hydrogen (secondary N) is 1.